The van der Waals surface area contributed by atoms with E-state index in [2.05, 4.69) is 40.5 Å². The largest absolute Gasteiger partial charge is 0.331 e. The number of hydrogen-bond acceptors (Lipinski definition) is 3. The zero-order chi connectivity index (χ0) is 11.5. The first-order valence-electron chi connectivity index (χ1n) is 6.13. The van der Waals surface area contributed by atoms with E-state index in [4.69, 9.17) is 0 Å². The Balaban J connectivity index is 2.00. The summed E-state index contributed by atoms with van der Waals surface area (Å²) >= 11 is 0. The zero-order valence-electron chi connectivity index (χ0n) is 10.5. The summed E-state index contributed by atoms with van der Waals surface area (Å²) in [5, 5.41) is 3.46. The third-order valence-electron chi connectivity index (χ3n) is 3.14. The topological polar surface area (TPSA) is 33.1 Å². The summed E-state index contributed by atoms with van der Waals surface area (Å²) < 4.78 is 2.26. The molecule has 1 fully saturated rings. The molecule has 0 aromatic carbocycles. The van der Waals surface area contributed by atoms with Crippen molar-refractivity contribution in [1.29, 1.82) is 0 Å². The lowest BCUT2D eigenvalue weighted by Gasteiger charge is -2.32. The Morgan fingerprint density at radius 1 is 1.56 bits per heavy atom. The molecule has 0 spiro atoms. The van der Waals surface area contributed by atoms with Crippen molar-refractivity contribution in [2.24, 2.45) is 0 Å². The quantitative estimate of drug-likeness (QED) is 0.836. The van der Waals surface area contributed by atoms with Crippen molar-refractivity contribution < 1.29 is 0 Å². The molecule has 0 amide bonds. The average molecular weight is 222 g/mol. The molecule has 1 aromatic rings. The summed E-state index contributed by atoms with van der Waals surface area (Å²) in [6.45, 7) is 11.0. The number of hydrogen-bond donors (Lipinski definition) is 1. The van der Waals surface area contributed by atoms with Crippen molar-refractivity contribution in [3.8, 4) is 0 Å². The summed E-state index contributed by atoms with van der Waals surface area (Å²) in [5.41, 5.74) is 1.32. The van der Waals surface area contributed by atoms with E-state index in [0.29, 0.717) is 12.1 Å². The highest BCUT2D eigenvalue weighted by atomic mass is 15.2. The minimum atomic E-state index is 0.498. The lowest BCUT2D eigenvalue weighted by atomic mass is 10.2. The van der Waals surface area contributed by atoms with Crippen LogP contribution in [-0.2, 0) is 6.54 Å². The van der Waals surface area contributed by atoms with Gasteiger partial charge in [-0.15, -0.1) is 0 Å². The van der Waals surface area contributed by atoms with E-state index in [0.717, 1.165) is 26.2 Å². The normalized spacial score (nSPS) is 22.9. The monoisotopic (exact) mass is 222 g/mol. The highest BCUT2D eigenvalue weighted by Crippen LogP contribution is 2.12. The van der Waals surface area contributed by atoms with E-state index >= 15 is 0 Å². The Bertz CT molecular complexity index is 332. The molecule has 1 atom stereocenters. The van der Waals surface area contributed by atoms with Crippen LogP contribution in [-0.4, -0.2) is 40.1 Å². The summed E-state index contributed by atoms with van der Waals surface area (Å²) in [6, 6.07) is 1.10. The van der Waals surface area contributed by atoms with E-state index in [1.165, 1.54) is 5.69 Å². The first-order chi connectivity index (χ1) is 7.66. The van der Waals surface area contributed by atoms with Gasteiger partial charge in [0.05, 0.1) is 12.0 Å². The van der Waals surface area contributed by atoms with Crippen molar-refractivity contribution in [2.75, 3.05) is 19.6 Å². The van der Waals surface area contributed by atoms with E-state index in [9.17, 15) is 0 Å². The van der Waals surface area contributed by atoms with Crippen LogP contribution in [0.15, 0.2) is 12.5 Å². The molecule has 4 heteroatoms. The predicted molar refractivity (Wildman–Crippen MR) is 65.4 cm³/mol. The van der Waals surface area contributed by atoms with Crippen LogP contribution < -0.4 is 5.32 Å². The molecule has 0 unspecified atom stereocenters. The third-order valence-corrected chi connectivity index (χ3v) is 3.14. The molecule has 4 nitrogen and oxygen atoms in total. The van der Waals surface area contributed by atoms with Gasteiger partial charge in [0.15, 0.2) is 0 Å². The standard InChI is InChI=1S/C12H22N4/c1-10(2)16-9-13-6-12(16)8-15-5-4-14-11(3)7-15/h6,9-11,14H,4-5,7-8H2,1-3H3/t11-/m0/s1. The molecule has 0 bridgehead atoms. The van der Waals surface area contributed by atoms with Gasteiger partial charge in [-0.1, -0.05) is 0 Å². The highest BCUT2D eigenvalue weighted by Gasteiger charge is 2.17. The molecular weight excluding hydrogens is 200 g/mol. The van der Waals surface area contributed by atoms with Crippen molar-refractivity contribution in [2.45, 2.75) is 39.4 Å². The average Bonchev–Trinajstić information content (AvgIpc) is 2.66. The van der Waals surface area contributed by atoms with Gasteiger partial charge in [0.25, 0.3) is 0 Å². The highest BCUT2D eigenvalue weighted by molar-refractivity contribution is 5.00. The fourth-order valence-electron chi connectivity index (χ4n) is 2.30. The summed E-state index contributed by atoms with van der Waals surface area (Å²) in [6.07, 6.45) is 3.93. The lowest BCUT2D eigenvalue weighted by Crippen LogP contribution is -2.48. The number of nitrogens with one attached hydrogen (secondary N) is 1. The second-order valence-electron chi connectivity index (χ2n) is 4.98. The molecule has 1 saturated heterocycles. The Labute approximate surface area is 97.7 Å². The molecule has 16 heavy (non-hydrogen) atoms. The van der Waals surface area contributed by atoms with Gasteiger partial charge in [-0.05, 0) is 20.8 Å². The fraction of sp³-hybridized carbons (Fsp3) is 0.750. The SMILES string of the molecule is CC(C)n1cncc1CN1CCN[C@@H](C)C1. The molecule has 1 N–H and O–H groups in total. The Kier molecular flexibility index (Phi) is 3.61. The second-order valence-corrected chi connectivity index (χ2v) is 4.98. The Morgan fingerprint density at radius 3 is 3.06 bits per heavy atom. The van der Waals surface area contributed by atoms with Crippen LogP contribution in [0.2, 0.25) is 0 Å². The number of aromatic nitrogens is 2. The fourth-order valence-corrected chi connectivity index (χ4v) is 2.30. The van der Waals surface area contributed by atoms with Crippen LogP contribution in [0.4, 0.5) is 0 Å². The van der Waals surface area contributed by atoms with Gasteiger partial charge in [-0.25, -0.2) is 4.98 Å². The molecule has 0 aliphatic carbocycles. The maximum atomic E-state index is 4.25. The van der Waals surface area contributed by atoms with Crippen molar-refractivity contribution in [3.63, 3.8) is 0 Å². The minimum Gasteiger partial charge on any atom is -0.331 e. The maximum absolute atomic E-state index is 4.25. The van der Waals surface area contributed by atoms with Gasteiger partial charge in [0.2, 0.25) is 0 Å². The van der Waals surface area contributed by atoms with Gasteiger partial charge in [0.1, 0.15) is 0 Å². The van der Waals surface area contributed by atoms with Gasteiger partial charge in [0, 0.05) is 44.5 Å². The molecule has 90 valence electrons. The van der Waals surface area contributed by atoms with E-state index in [1.807, 2.05) is 12.5 Å². The second kappa shape index (κ2) is 4.97. The number of rotatable bonds is 3. The molecule has 2 rings (SSSR count). The summed E-state index contributed by atoms with van der Waals surface area (Å²) in [4.78, 5) is 6.75. The molecular formula is C12H22N4. The first-order valence-corrected chi connectivity index (χ1v) is 6.13. The predicted octanol–water partition coefficient (Wildman–Crippen LogP) is 1.26. The van der Waals surface area contributed by atoms with Crippen LogP contribution in [0.1, 0.15) is 32.5 Å². The van der Waals surface area contributed by atoms with Gasteiger partial charge in [-0.2, -0.15) is 0 Å². The zero-order valence-corrected chi connectivity index (χ0v) is 10.5. The Hall–Kier alpha value is -0.870. The molecule has 1 aliphatic rings. The van der Waals surface area contributed by atoms with Crippen molar-refractivity contribution in [1.82, 2.24) is 19.8 Å². The van der Waals surface area contributed by atoms with Gasteiger partial charge < -0.3 is 9.88 Å². The van der Waals surface area contributed by atoms with Crippen molar-refractivity contribution in [3.05, 3.63) is 18.2 Å². The van der Waals surface area contributed by atoms with E-state index in [-0.39, 0.29) is 0 Å². The van der Waals surface area contributed by atoms with Crippen LogP contribution in [0, 0.1) is 0 Å². The Morgan fingerprint density at radius 2 is 2.38 bits per heavy atom. The lowest BCUT2D eigenvalue weighted by molar-refractivity contribution is 0.194. The van der Waals surface area contributed by atoms with Crippen molar-refractivity contribution >= 4 is 0 Å². The van der Waals surface area contributed by atoms with Gasteiger partial charge >= 0.3 is 0 Å². The number of piperazine rings is 1. The number of imidazole rings is 1. The molecule has 1 aliphatic heterocycles. The smallest absolute Gasteiger partial charge is 0.0951 e. The molecule has 0 saturated carbocycles. The van der Waals surface area contributed by atoms with Gasteiger partial charge in [-0.3, -0.25) is 4.90 Å². The third kappa shape index (κ3) is 2.62. The number of nitrogens with zero attached hydrogens (tertiary/aromatic N) is 3. The minimum absolute atomic E-state index is 0.498. The maximum Gasteiger partial charge on any atom is 0.0951 e. The van der Waals surface area contributed by atoms with Crippen LogP contribution >= 0.6 is 0 Å². The van der Waals surface area contributed by atoms with Crippen LogP contribution in [0.25, 0.3) is 0 Å². The van der Waals surface area contributed by atoms with Crippen LogP contribution in [0.5, 0.6) is 0 Å². The van der Waals surface area contributed by atoms with E-state index in [1.54, 1.807) is 0 Å². The summed E-state index contributed by atoms with van der Waals surface area (Å²) in [5.74, 6) is 0. The summed E-state index contributed by atoms with van der Waals surface area (Å²) in [7, 11) is 0. The molecule has 0 radical (unpaired) electrons. The van der Waals surface area contributed by atoms with Crippen LogP contribution in [0.3, 0.4) is 0 Å². The molecule has 1 aromatic heterocycles. The molecule has 2 heterocycles. The van der Waals surface area contributed by atoms with E-state index < -0.39 is 0 Å². The first kappa shape index (κ1) is 11.6.